The van der Waals surface area contributed by atoms with Gasteiger partial charge in [0.15, 0.2) is 0 Å². The van der Waals surface area contributed by atoms with Crippen molar-refractivity contribution < 1.29 is 10.2 Å². The molecule has 0 aliphatic carbocycles. The lowest BCUT2D eigenvalue weighted by Crippen LogP contribution is -1.88. The molecule has 0 aromatic heterocycles. The second-order valence-electron chi connectivity index (χ2n) is 3.29. The molecule has 2 rings (SSSR count). The van der Waals surface area contributed by atoms with Gasteiger partial charge in [-0.25, -0.2) is 0 Å². The van der Waals surface area contributed by atoms with Gasteiger partial charge in [-0.3, -0.25) is 0 Å². The summed E-state index contributed by atoms with van der Waals surface area (Å²) in [6.45, 7) is -0.0255. The summed E-state index contributed by atoms with van der Waals surface area (Å²) in [4.78, 5) is 0. The van der Waals surface area contributed by atoms with Crippen LogP contribution in [0.3, 0.4) is 0 Å². The summed E-state index contributed by atoms with van der Waals surface area (Å²) in [5.41, 5.74) is 2.63. The first-order chi connectivity index (χ1) is 7.31. The molecule has 2 nitrogen and oxygen atoms in total. The SMILES string of the molecule is OCc1c[c]ccc1-c1cccc(O)c1. The van der Waals surface area contributed by atoms with Gasteiger partial charge in [-0.2, -0.15) is 0 Å². The smallest absolute Gasteiger partial charge is 0.116 e. The van der Waals surface area contributed by atoms with E-state index < -0.39 is 0 Å². The van der Waals surface area contributed by atoms with Crippen molar-refractivity contribution >= 4 is 0 Å². The van der Waals surface area contributed by atoms with Gasteiger partial charge in [-0.15, -0.1) is 0 Å². The number of aliphatic hydroxyl groups excluding tert-OH is 1. The molecule has 2 aromatic rings. The Hall–Kier alpha value is -1.80. The highest BCUT2D eigenvalue weighted by molar-refractivity contribution is 5.68. The maximum atomic E-state index is 9.37. The van der Waals surface area contributed by atoms with Gasteiger partial charge >= 0.3 is 0 Å². The predicted octanol–water partition coefficient (Wildman–Crippen LogP) is 2.35. The summed E-state index contributed by atoms with van der Waals surface area (Å²) in [5.74, 6) is 0.226. The van der Waals surface area contributed by atoms with E-state index in [2.05, 4.69) is 6.07 Å². The Bertz CT molecular complexity index is 464. The zero-order valence-electron chi connectivity index (χ0n) is 8.14. The number of hydrogen-bond acceptors (Lipinski definition) is 2. The van der Waals surface area contributed by atoms with Crippen LogP contribution in [0.2, 0.25) is 0 Å². The maximum absolute atomic E-state index is 9.37. The molecule has 0 unspecified atom stereocenters. The Morgan fingerprint density at radius 1 is 1.20 bits per heavy atom. The minimum atomic E-state index is -0.0255. The number of phenolic OH excluding ortho intramolecular Hbond substituents is 1. The largest absolute Gasteiger partial charge is 0.508 e. The van der Waals surface area contributed by atoms with E-state index in [1.165, 1.54) is 0 Å². The Balaban J connectivity index is 2.53. The lowest BCUT2D eigenvalue weighted by atomic mass is 10.00. The third-order valence-electron chi connectivity index (χ3n) is 2.28. The van der Waals surface area contributed by atoms with E-state index in [9.17, 15) is 5.11 Å². The van der Waals surface area contributed by atoms with Crippen molar-refractivity contribution in [2.24, 2.45) is 0 Å². The molecule has 1 radical (unpaired) electrons. The quantitative estimate of drug-likeness (QED) is 0.779. The topological polar surface area (TPSA) is 40.5 Å². The third kappa shape index (κ3) is 2.00. The van der Waals surface area contributed by atoms with Gasteiger partial charge in [0, 0.05) is 0 Å². The van der Waals surface area contributed by atoms with Crippen molar-refractivity contribution in [3.63, 3.8) is 0 Å². The van der Waals surface area contributed by atoms with Crippen molar-refractivity contribution in [1.29, 1.82) is 0 Å². The Morgan fingerprint density at radius 3 is 2.80 bits per heavy atom. The number of hydrogen-bond donors (Lipinski definition) is 2. The maximum Gasteiger partial charge on any atom is 0.116 e. The van der Waals surface area contributed by atoms with Crippen LogP contribution in [0.4, 0.5) is 0 Å². The first kappa shape index (κ1) is 9.74. The number of phenols is 1. The zero-order chi connectivity index (χ0) is 10.7. The molecular weight excluding hydrogens is 188 g/mol. The summed E-state index contributed by atoms with van der Waals surface area (Å²) in [7, 11) is 0. The predicted molar refractivity (Wildman–Crippen MR) is 58.3 cm³/mol. The van der Waals surface area contributed by atoms with Crippen LogP contribution in [-0.2, 0) is 6.61 Å². The fraction of sp³-hybridized carbons (Fsp3) is 0.0769. The zero-order valence-corrected chi connectivity index (χ0v) is 8.14. The minimum absolute atomic E-state index is 0.0255. The van der Waals surface area contributed by atoms with Crippen molar-refractivity contribution in [3.8, 4) is 16.9 Å². The van der Waals surface area contributed by atoms with E-state index in [0.29, 0.717) is 0 Å². The van der Waals surface area contributed by atoms with Crippen LogP contribution < -0.4 is 0 Å². The molecule has 0 amide bonds. The number of aromatic hydroxyl groups is 1. The van der Waals surface area contributed by atoms with Crippen LogP contribution in [0.25, 0.3) is 11.1 Å². The van der Waals surface area contributed by atoms with Gasteiger partial charge in [0.25, 0.3) is 0 Å². The highest BCUT2D eigenvalue weighted by atomic mass is 16.3. The van der Waals surface area contributed by atoms with E-state index in [1.807, 2.05) is 12.1 Å². The van der Waals surface area contributed by atoms with E-state index in [0.717, 1.165) is 16.7 Å². The average molecular weight is 199 g/mol. The average Bonchev–Trinajstić information content (AvgIpc) is 2.29. The summed E-state index contributed by atoms with van der Waals surface area (Å²) >= 11 is 0. The molecule has 15 heavy (non-hydrogen) atoms. The molecular formula is C13H11O2. The molecule has 2 N–H and O–H groups in total. The number of benzene rings is 2. The Kier molecular flexibility index (Phi) is 2.70. The molecule has 2 heteroatoms. The summed E-state index contributed by atoms with van der Waals surface area (Å²) in [6, 6.07) is 15.3. The molecule has 0 atom stereocenters. The van der Waals surface area contributed by atoms with Crippen LogP contribution in [0.5, 0.6) is 5.75 Å². The highest BCUT2D eigenvalue weighted by Gasteiger charge is 2.03. The monoisotopic (exact) mass is 199 g/mol. The van der Waals surface area contributed by atoms with Crippen LogP contribution in [0.15, 0.2) is 42.5 Å². The second-order valence-corrected chi connectivity index (χ2v) is 3.29. The van der Waals surface area contributed by atoms with E-state index in [1.54, 1.807) is 30.3 Å². The molecule has 0 heterocycles. The molecule has 0 spiro atoms. The molecule has 0 saturated heterocycles. The van der Waals surface area contributed by atoms with Crippen molar-refractivity contribution in [1.82, 2.24) is 0 Å². The number of rotatable bonds is 2. The number of aliphatic hydroxyl groups is 1. The molecule has 0 aliphatic rings. The Labute approximate surface area is 88.4 Å². The highest BCUT2D eigenvalue weighted by Crippen LogP contribution is 2.26. The van der Waals surface area contributed by atoms with Gasteiger partial charge in [-0.05, 0) is 41.0 Å². The molecule has 2 aromatic carbocycles. The summed E-state index contributed by atoms with van der Waals surface area (Å²) in [5, 5.41) is 18.5. The van der Waals surface area contributed by atoms with Crippen molar-refractivity contribution in [2.75, 3.05) is 0 Å². The lowest BCUT2D eigenvalue weighted by Gasteiger charge is -2.07. The fourth-order valence-electron chi connectivity index (χ4n) is 1.55. The van der Waals surface area contributed by atoms with Gasteiger partial charge in [0.2, 0.25) is 0 Å². The fourth-order valence-corrected chi connectivity index (χ4v) is 1.55. The van der Waals surface area contributed by atoms with E-state index >= 15 is 0 Å². The van der Waals surface area contributed by atoms with Gasteiger partial charge in [0.05, 0.1) is 6.61 Å². The van der Waals surface area contributed by atoms with Gasteiger partial charge < -0.3 is 10.2 Å². The van der Waals surface area contributed by atoms with E-state index in [4.69, 9.17) is 5.11 Å². The van der Waals surface area contributed by atoms with Crippen LogP contribution in [-0.4, -0.2) is 10.2 Å². The molecule has 0 aliphatic heterocycles. The van der Waals surface area contributed by atoms with Gasteiger partial charge in [-0.1, -0.05) is 24.3 Å². The normalized spacial score (nSPS) is 10.2. The minimum Gasteiger partial charge on any atom is -0.508 e. The molecule has 0 bridgehead atoms. The summed E-state index contributed by atoms with van der Waals surface area (Å²) < 4.78 is 0. The third-order valence-corrected chi connectivity index (χ3v) is 2.28. The van der Waals surface area contributed by atoms with Crippen LogP contribution >= 0.6 is 0 Å². The van der Waals surface area contributed by atoms with Crippen molar-refractivity contribution in [2.45, 2.75) is 6.61 Å². The van der Waals surface area contributed by atoms with Crippen molar-refractivity contribution in [3.05, 3.63) is 54.1 Å². The first-order valence-corrected chi connectivity index (χ1v) is 4.70. The second kappa shape index (κ2) is 4.15. The summed E-state index contributed by atoms with van der Waals surface area (Å²) in [6.07, 6.45) is 0. The van der Waals surface area contributed by atoms with E-state index in [-0.39, 0.29) is 12.4 Å². The molecule has 0 saturated carbocycles. The standard InChI is InChI=1S/C13H11O2/c14-9-11-4-1-2-7-13(11)10-5-3-6-12(15)8-10/h2-8,14-15H,9H2. The molecule has 75 valence electrons. The molecule has 0 fully saturated rings. The Morgan fingerprint density at radius 2 is 2.07 bits per heavy atom. The van der Waals surface area contributed by atoms with Crippen LogP contribution in [0, 0.1) is 6.07 Å². The van der Waals surface area contributed by atoms with Gasteiger partial charge in [0.1, 0.15) is 5.75 Å². The lowest BCUT2D eigenvalue weighted by molar-refractivity contribution is 0.282. The van der Waals surface area contributed by atoms with Crippen LogP contribution in [0.1, 0.15) is 5.56 Å². The first-order valence-electron chi connectivity index (χ1n) is 4.70.